The minimum Gasteiger partial charge on any atom is -0.395 e. The monoisotopic (exact) mass is 211 g/mol. The van der Waals surface area contributed by atoms with Gasteiger partial charge in [-0.15, -0.1) is 0 Å². The Labute approximate surface area is 88.9 Å². The van der Waals surface area contributed by atoms with E-state index < -0.39 is 0 Å². The maximum absolute atomic E-state index is 8.74. The van der Waals surface area contributed by atoms with E-state index in [4.69, 9.17) is 16.7 Å². The van der Waals surface area contributed by atoms with E-state index in [1.807, 2.05) is 12.1 Å². The quantitative estimate of drug-likeness (QED) is 0.801. The molecule has 3 heteroatoms. The average Bonchev–Trinajstić information content (AvgIpc) is 2.60. The van der Waals surface area contributed by atoms with Gasteiger partial charge < -0.3 is 10.4 Å². The van der Waals surface area contributed by atoms with E-state index in [9.17, 15) is 0 Å². The van der Waals surface area contributed by atoms with Gasteiger partial charge in [0.25, 0.3) is 0 Å². The molecule has 0 saturated carbocycles. The molecule has 0 heterocycles. The minimum absolute atomic E-state index is 0.187. The molecule has 1 aliphatic carbocycles. The molecule has 0 amide bonds. The maximum atomic E-state index is 8.74. The molecule has 0 saturated heterocycles. The van der Waals surface area contributed by atoms with Crippen molar-refractivity contribution in [2.45, 2.75) is 18.9 Å². The molecule has 0 radical (unpaired) electrons. The van der Waals surface area contributed by atoms with E-state index in [0.29, 0.717) is 12.6 Å². The van der Waals surface area contributed by atoms with Crippen LogP contribution in [0, 0.1) is 0 Å². The predicted octanol–water partition coefficient (Wildman–Crippen LogP) is 1.91. The van der Waals surface area contributed by atoms with Gasteiger partial charge in [-0.3, -0.25) is 0 Å². The van der Waals surface area contributed by atoms with Crippen LogP contribution in [0.3, 0.4) is 0 Å². The molecular weight excluding hydrogens is 198 g/mol. The van der Waals surface area contributed by atoms with Gasteiger partial charge in [-0.1, -0.05) is 23.7 Å². The second-order valence-corrected chi connectivity index (χ2v) is 3.98. The predicted molar refractivity (Wildman–Crippen MR) is 57.6 cm³/mol. The molecule has 0 aromatic heterocycles. The van der Waals surface area contributed by atoms with Crippen LogP contribution in [0.15, 0.2) is 18.2 Å². The second kappa shape index (κ2) is 4.30. The summed E-state index contributed by atoms with van der Waals surface area (Å²) in [4.78, 5) is 0. The zero-order chi connectivity index (χ0) is 9.97. The molecule has 1 aromatic carbocycles. The van der Waals surface area contributed by atoms with Gasteiger partial charge in [-0.25, -0.2) is 0 Å². The fraction of sp³-hybridized carbons (Fsp3) is 0.455. The highest BCUT2D eigenvalue weighted by Gasteiger charge is 2.22. The summed E-state index contributed by atoms with van der Waals surface area (Å²) in [6, 6.07) is 6.41. The van der Waals surface area contributed by atoms with Crippen molar-refractivity contribution < 1.29 is 5.11 Å². The van der Waals surface area contributed by atoms with E-state index in [-0.39, 0.29) is 6.61 Å². The van der Waals surface area contributed by atoms with Gasteiger partial charge in [0.05, 0.1) is 6.61 Å². The van der Waals surface area contributed by atoms with Gasteiger partial charge in [0, 0.05) is 17.6 Å². The molecule has 2 rings (SSSR count). The van der Waals surface area contributed by atoms with E-state index in [2.05, 4.69) is 11.4 Å². The summed E-state index contributed by atoms with van der Waals surface area (Å²) < 4.78 is 0. The zero-order valence-corrected chi connectivity index (χ0v) is 8.72. The average molecular weight is 212 g/mol. The van der Waals surface area contributed by atoms with Crippen molar-refractivity contribution in [3.63, 3.8) is 0 Å². The molecule has 14 heavy (non-hydrogen) atoms. The fourth-order valence-corrected chi connectivity index (χ4v) is 2.34. The summed E-state index contributed by atoms with van der Waals surface area (Å²) >= 11 is 6.09. The van der Waals surface area contributed by atoms with Crippen LogP contribution < -0.4 is 5.32 Å². The fourth-order valence-electron chi connectivity index (χ4n) is 2.06. The van der Waals surface area contributed by atoms with Gasteiger partial charge in [0.15, 0.2) is 0 Å². The lowest BCUT2D eigenvalue weighted by Gasteiger charge is -2.12. The molecule has 1 unspecified atom stereocenters. The normalized spacial score (nSPS) is 19.7. The lowest BCUT2D eigenvalue weighted by Crippen LogP contribution is -2.22. The Balaban J connectivity index is 2.18. The van der Waals surface area contributed by atoms with Crippen LogP contribution in [0.2, 0.25) is 5.02 Å². The van der Waals surface area contributed by atoms with Crippen LogP contribution in [0.4, 0.5) is 0 Å². The molecule has 0 bridgehead atoms. The number of hydrogen-bond acceptors (Lipinski definition) is 2. The van der Waals surface area contributed by atoms with E-state index in [1.54, 1.807) is 0 Å². The minimum atomic E-state index is 0.187. The topological polar surface area (TPSA) is 32.3 Å². The molecule has 1 atom stereocenters. The maximum Gasteiger partial charge on any atom is 0.0556 e. The molecule has 76 valence electrons. The number of aliphatic hydroxyl groups excluding tert-OH is 1. The van der Waals surface area contributed by atoms with Crippen LogP contribution in [0.5, 0.6) is 0 Å². The number of benzene rings is 1. The summed E-state index contributed by atoms with van der Waals surface area (Å²) in [5, 5.41) is 12.9. The molecule has 0 spiro atoms. The number of nitrogens with one attached hydrogen (secondary N) is 1. The zero-order valence-electron chi connectivity index (χ0n) is 7.96. The number of fused-ring (bicyclic) bond motifs is 1. The van der Waals surface area contributed by atoms with Crippen molar-refractivity contribution in [2.24, 2.45) is 0 Å². The van der Waals surface area contributed by atoms with Crippen molar-refractivity contribution in [1.82, 2.24) is 5.32 Å². The molecular formula is C11H14ClNO. The lowest BCUT2D eigenvalue weighted by atomic mass is 10.1. The Morgan fingerprint density at radius 3 is 3.14 bits per heavy atom. The van der Waals surface area contributed by atoms with Crippen molar-refractivity contribution in [3.05, 3.63) is 34.3 Å². The van der Waals surface area contributed by atoms with Gasteiger partial charge in [0.2, 0.25) is 0 Å². The van der Waals surface area contributed by atoms with Crippen LogP contribution in [0.25, 0.3) is 0 Å². The Kier molecular flexibility index (Phi) is 3.06. The Morgan fingerprint density at radius 1 is 1.50 bits per heavy atom. The van der Waals surface area contributed by atoms with E-state index in [0.717, 1.165) is 17.9 Å². The second-order valence-electron chi connectivity index (χ2n) is 3.58. The summed E-state index contributed by atoms with van der Waals surface area (Å²) in [5.41, 5.74) is 2.57. The first-order valence-electron chi connectivity index (χ1n) is 4.94. The highest BCUT2D eigenvalue weighted by Crippen LogP contribution is 2.35. The highest BCUT2D eigenvalue weighted by molar-refractivity contribution is 6.31. The smallest absolute Gasteiger partial charge is 0.0556 e. The highest BCUT2D eigenvalue weighted by atomic mass is 35.5. The first kappa shape index (κ1) is 9.97. The molecule has 2 nitrogen and oxygen atoms in total. The van der Waals surface area contributed by atoms with Crippen LogP contribution in [-0.2, 0) is 6.42 Å². The van der Waals surface area contributed by atoms with Gasteiger partial charge in [-0.2, -0.15) is 0 Å². The SMILES string of the molecule is OCCNC1CCc2c(Cl)cccc21. The Bertz CT molecular complexity index is 327. The first-order chi connectivity index (χ1) is 6.83. The third kappa shape index (κ3) is 1.78. The first-order valence-corrected chi connectivity index (χ1v) is 5.32. The number of hydrogen-bond donors (Lipinski definition) is 2. The van der Waals surface area contributed by atoms with Crippen molar-refractivity contribution in [1.29, 1.82) is 0 Å². The van der Waals surface area contributed by atoms with Crippen LogP contribution >= 0.6 is 11.6 Å². The standard InChI is InChI=1S/C11H14ClNO/c12-10-3-1-2-9-8(10)4-5-11(9)13-6-7-14/h1-3,11,13-14H,4-7H2. The van der Waals surface area contributed by atoms with Gasteiger partial charge >= 0.3 is 0 Å². The van der Waals surface area contributed by atoms with Crippen LogP contribution in [-0.4, -0.2) is 18.3 Å². The summed E-state index contributed by atoms with van der Waals surface area (Å²) in [6.07, 6.45) is 2.12. The van der Waals surface area contributed by atoms with Crippen molar-refractivity contribution in [3.8, 4) is 0 Å². The van der Waals surface area contributed by atoms with Gasteiger partial charge in [0.1, 0.15) is 0 Å². The number of aliphatic hydroxyl groups is 1. The third-order valence-corrected chi connectivity index (χ3v) is 3.07. The number of rotatable bonds is 3. The number of halogens is 1. The summed E-state index contributed by atoms with van der Waals surface area (Å²) in [7, 11) is 0. The molecule has 0 fully saturated rings. The lowest BCUT2D eigenvalue weighted by molar-refractivity contribution is 0.284. The van der Waals surface area contributed by atoms with Crippen molar-refractivity contribution >= 4 is 11.6 Å². The van der Waals surface area contributed by atoms with Crippen molar-refractivity contribution in [2.75, 3.05) is 13.2 Å². The third-order valence-electron chi connectivity index (χ3n) is 2.72. The molecule has 1 aromatic rings. The van der Waals surface area contributed by atoms with Gasteiger partial charge in [-0.05, 0) is 30.0 Å². The Hall–Kier alpha value is -0.570. The summed E-state index contributed by atoms with van der Waals surface area (Å²) in [5.74, 6) is 0. The molecule has 0 aliphatic heterocycles. The summed E-state index contributed by atoms with van der Waals surface area (Å²) in [6.45, 7) is 0.836. The molecule has 2 N–H and O–H groups in total. The van der Waals surface area contributed by atoms with Crippen LogP contribution in [0.1, 0.15) is 23.6 Å². The van der Waals surface area contributed by atoms with E-state index >= 15 is 0 Å². The molecule has 1 aliphatic rings. The largest absolute Gasteiger partial charge is 0.395 e. The Morgan fingerprint density at radius 2 is 2.36 bits per heavy atom. The van der Waals surface area contributed by atoms with E-state index in [1.165, 1.54) is 11.1 Å².